The number of aromatic nitrogens is 1. The molecular formula is C21H13ClN2O7. The molecule has 1 aliphatic rings. The van der Waals surface area contributed by atoms with Crippen molar-refractivity contribution in [3.63, 3.8) is 0 Å². The van der Waals surface area contributed by atoms with Crippen LogP contribution in [0.1, 0.15) is 28.1 Å². The lowest BCUT2D eigenvalue weighted by atomic mass is 10.1. The zero-order valence-corrected chi connectivity index (χ0v) is 16.5. The van der Waals surface area contributed by atoms with Crippen LogP contribution in [0.25, 0.3) is 6.08 Å². The molecule has 0 saturated heterocycles. The molecule has 0 atom stereocenters. The Bertz CT molecular complexity index is 1230. The van der Waals surface area contributed by atoms with Crippen molar-refractivity contribution < 1.29 is 28.5 Å². The van der Waals surface area contributed by atoms with Gasteiger partial charge in [-0.3, -0.25) is 19.7 Å². The van der Waals surface area contributed by atoms with Crippen LogP contribution >= 0.6 is 11.6 Å². The van der Waals surface area contributed by atoms with Crippen molar-refractivity contribution in [3.8, 4) is 11.5 Å². The van der Waals surface area contributed by atoms with E-state index < -0.39 is 10.9 Å². The van der Waals surface area contributed by atoms with Crippen LogP contribution in [-0.4, -0.2) is 21.8 Å². The first-order valence-corrected chi connectivity index (χ1v) is 9.41. The number of allylic oxidation sites excluding steroid dienone is 1. The van der Waals surface area contributed by atoms with E-state index in [9.17, 15) is 19.7 Å². The van der Waals surface area contributed by atoms with Crippen molar-refractivity contribution in [2.75, 3.05) is 0 Å². The lowest BCUT2D eigenvalue weighted by Crippen LogP contribution is -2.08. The van der Waals surface area contributed by atoms with Crippen molar-refractivity contribution in [1.29, 1.82) is 0 Å². The van der Waals surface area contributed by atoms with Gasteiger partial charge >= 0.3 is 5.97 Å². The van der Waals surface area contributed by atoms with E-state index in [4.69, 9.17) is 25.6 Å². The molecule has 2 heterocycles. The summed E-state index contributed by atoms with van der Waals surface area (Å²) in [7, 11) is 0. The van der Waals surface area contributed by atoms with E-state index in [0.717, 1.165) is 0 Å². The van der Waals surface area contributed by atoms with Crippen molar-refractivity contribution in [2.24, 2.45) is 0 Å². The van der Waals surface area contributed by atoms with Crippen LogP contribution in [0.15, 0.2) is 58.8 Å². The molecule has 10 heteroatoms. The van der Waals surface area contributed by atoms with Gasteiger partial charge in [0.1, 0.15) is 17.3 Å². The predicted octanol–water partition coefficient (Wildman–Crippen LogP) is 4.39. The number of esters is 1. The number of carbonyl (C=O) groups excluding carboxylic acids is 2. The van der Waals surface area contributed by atoms with Gasteiger partial charge in [0.05, 0.1) is 16.9 Å². The van der Waals surface area contributed by atoms with E-state index in [0.29, 0.717) is 16.9 Å². The van der Waals surface area contributed by atoms with Crippen molar-refractivity contribution in [1.82, 2.24) is 5.16 Å². The first kappa shape index (κ1) is 20.3. The highest BCUT2D eigenvalue weighted by Crippen LogP contribution is 2.35. The van der Waals surface area contributed by atoms with Gasteiger partial charge in [0.25, 0.3) is 5.69 Å². The van der Waals surface area contributed by atoms with Gasteiger partial charge in [0, 0.05) is 30.7 Å². The van der Waals surface area contributed by atoms with Crippen LogP contribution in [0.4, 0.5) is 5.69 Å². The third-order valence-corrected chi connectivity index (χ3v) is 4.54. The number of non-ortho nitro benzene ring substituents is 1. The Hall–Kier alpha value is -3.98. The Morgan fingerprint density at radius 2 is 2.06 bits per heavy atom. The highest BCUT2D eigenvalue weighted by Gasteiger charge is 2.28. The van der Waals surface area contributed by atoms with Gasteiger partial charge in [-0.1, -0.05) is 28.9 Å². The van der Waals surface area contributed by atoms with Crippen molar-refractivity contribution in [2.45, 2.75) is 12.8 Å². The van der Waals surface area contributed by atoms with E-state index in [-0.39, 0.29) is 46.7 Å². The van der Waals surface area contributed by atoms with E-state index >= 15 is 0 Å². The highest BCUT2D eigenvalue weighted by atomic mass is 35.5. The number of ketones is 1. The second-order valence-corrected chi connectivity index (χ2v) is 6.93. The molecule has 1 aliphatic heterocycles. The molecule has 0 N–H and O–H groups in total. The van der Waals surface area contributed by atoms with E-state index in [1.54, 1.807) is 6.07 Å². The summed E-state index contributed by atoms with van der Waals surface area (Å²) in [6.07, 6.45) is 1.73. The third kappa shape index (κ3) is 4.62. The molecule has 2 aromatic carbocycles. The molecule has 0 bridgehead atoms. The van der Waals surface area contributed by atoms with Crippen LogP contribution in [0.5, 0.6) is 11.5 Å². The lowest BCUT2D eigenvalue weighted by molar-refractivity contribution is -0.384. The molecule has 31 heavy (non-hydrogen) atoms. The van der Waals surface area contributed by atoms with Gasteiger partial charge in [0.2, 0.25) is 5.78 Å². The standard InChI is InChI=1S/C21H13ClN2O7/c22-19-11-15(31-23-19)5-7-20(25)29-14-4-6-16-17(10-14)30-18(21(16)26)9-12-2-1-3-13(8-12)24(27)28/h1-4,6,8-11H,5,7H2/b18-9-. The molecule has 0 spiro atoms. The number of aryl methyl sites for hydroxylation is 1. The quantitative estimate of drug-likeness (QED) is 0.182. The Labute approximate surface area is 180 Å². The van der Waals surface area contributed by atoms with E-state index in [2.05, 4.69) is 5.16 Å². The number of nitrogens with zero attached hydrogens (tertiary/aromatic N) is 2. The summed E-state index contributed by atoms with van der Waals surface area (Å²) >= 11 is 5.66. The summed E-state index contributed by atoms with van der Waals surface area (Å²) < 4.78 is 15.8. The van der Waals surface area contributed by atoms with Gasteiger partial charge in [-0.05, 0) is 23.8 Å². The van der Waals surface area contributed by atoms with Crippen molar-refractivity contribution in [3.05, 3.63) is 86.4 Å². The number of hydrogen-bond acceptors (Lipinski definition) is 8. The molecule has 4 rings (SSSR count). The molecule has 156 valence electrons. The van der Waals surface area contributed by atoms with Gasteiger partial charge < -0.3 is 14.0 Å². The monoisotopic (exact) mass is 440 g/mol. The number of nitro groups is 1. The first-order valence-electron chi connectivity index (χ1n) is 9.03. The maximum Gasteiger partial charge on any atom is 0.311 e. The summed E-state index contributed by atoms with van der Waals surface area (Å²) in [5.74, 6) is 0.0328. The maximum absolute atomic E-state index is 12.6. The van der Waals surface area contributed by atoms with Gasteiger partial charge in [0.15, 0.2) is 10.9 Å². The smallest absolute Gasteiger partial charge is 0.311 e. The van der Waals surface area contributed by atoms with Crippen LogP contribution in [0.2, 0.25) is 5.15 Å². The van der Waals surface area contributed by atoms with E-state index in [1.165, 1.54) is 48.5 Å². The minimum Gasteiger partial charge on any atom is -0.452 e. The molecule has 3 aromatic rings. The molecule has 0 radical (unpaired) electrons. The SMILES string of the molecule is O=C(CCc1cc(Cl)no1)Oc1ccc2c(c1)O/C(=C\c1cccc([N+](=O)[O-])c1)C2=O. The lowest BCUT2D eigenvalue weighted by Gasteiger charge is -2.05. The topological polar surface area (TPSA) is 122 Å². The maximum atomic E-state index is 12.6. The number of ether oxygens (including phenoxy) is 2. The van der Waals surface area contributed by atoms with Crippen LogP contribution in [-0.2, 0) is 11.2 Å². The molecule has 0 saturated carbocycles. The average Bonchev–Trinajstić information content (AvgIpc) is 3.29. The fourth-order valence-corrected chi connectivity index (χ4v) is 3.08. The Morgan fingerprint density at radius 1 is 1.23 bits per heavy atom. The zero-order valence-electron chi connectivity index (χ0n) is 15.7. The number of nitro benzene ring substituents is 1. The third-order valence-electron chi connectivity index (χ3n) is 4.36. The van der Waals surface area contributed by atoms with Gasteiger partial charge in [-0.15, -0.1) is 0 Å². The molecule has 0 fully saturated rings. The van der Waals surface area contributed by atoms with Crippen LogP contribution < -0.4 is 9.47 Å². The second-order valence-electron chi connectivity index (χ2n) is 6.54. The number of rotatable bonds is 6. The van der Waals surface area contributed by atoms with E-state index in [1.807, 2.05) is 0 Å². The normalized spacial score (nSPS) is 13.7. The summed E-state index contributed by atoms with van der Waals surface area (Å²) in [6.45, 7) is 0. The fraction of sp³-hybridized carbons (Fsp3) is 0.0952. The molecule has 0 unspecified atom stereocenters. The van der Waals surface area contributed by atoms with Gasteiger partial charge in [-0.25, -0.2) is 0 Å². The molecule has 1 aromatic heterocycles. The number of carbonyl (C=O) groups is 2. The number of hydrogen-bond donors (Lipinski definition) is 0. The number of Topliss-reactive ketones (excluding diaryl/α,β-unsaturated/α-hetero) is 1. The van der Waals surface area contributed by atoms with Crippen molar-refractivity contribution >= 4 is 35.1 Å². The average molecular weight is 441 g/mol. The molecular weight excluding hydrogens is 428 g/mol. The molecule has 0 amide bonds. The summed E-state index contributed by atoms with van der Waals surface area (Å²) in [5.41, 5.74) is 0.649. The second kappa shape index (κ2) is 8.41. The summed E-state index contributed by atoms with van der Waals surface area (Å²) in [4.78, 5) is 35.0. The number of halogens is 1. The Morgan fingerprint density at radius 3 is 2.81 bits per heavy atom. The predicted molar refractivity (Wildman–Crippen MR) is 108 cm³/mol. The molecule has 0 aliphatic carbocycles. The van der Waals surface area contributed by atoms with Gasteiger partial charge in [-0.2, -0.15) is 0 Å². The Balaban J connectivity index is 1.44. The summed E-state index contributed by atoms with van der Waals surface area (Å²) in [6, 6.07) is 11.7. The Kier molecular flexibility index (Phi) is 5.50. The summed E-state index contributed by atoms with van der Waals surface area (Å²) in [5, 5.41) is 14.7. The first-order chi connectivity index (χ1) is 14.9. The number of benzene rings is 2. The van der Waals surface area contributed by atoms with Crippen LogP contribution in [0, 0.1) is 10.1 Å². The highest BCUT2D eigenvalue weighted by molar-refractivity contribution is 6.29. The largest absolute Gasteiger partial charge is 0.452 e. The minimum atomic E-state index is -0.522. The number of fused-ring (bicyclic) bond motifs is 1. The fourth-order valence-electron chi connectivity index (χ4n) is 2.92. The molecule has 9 nitrogen and oxygen atoms in total. The van der Waals surface area contributed by atoms with Crippen LogP contribution in [0.3, 0.4) is 0 Å². The minimum absolute atomic E-state index is 0.0150. The zero-order chi connectivity index (χ0) is 22.0.